The summed E-state index contributed by atoms with van der Waals surface area (Å²) in [5, 5.41) is 0. The molecular weight excluding hydrogens is 224 g/mol. The molecule has 2 unspecified atom stereocenters. The van der Waals surface area contributed by atoms with Crippen LogP contribution in [0.5, 0.6) is 0 Å². The summed E-state index contributed by atoms with van der Waals surface area (Å²) < 4.78 is 11.0. The molecule has 2 atom stereocenters. The van der Waals surface area contributed by atoms with Crippen LogP contribution in [0.3, 0.4) is 0 Å². The average Bonchev–Trinajstić information content (AvgIpc) is 2.76. The van der Waals surface area contributed by atoms with Gasteiger partial charge in [0.1, 0.15) is 0 Å². The van der Waals surface area contributed by atoms with Crippen LogP contribution in [0.15, 0.2) is 0 Å². The van der Waals surface area contributed by atoms with Gasteiger partial charge in [0.25, 0.3) is 0 Å². The molecule has 0 saturated heterocycles. The molecule has 2 nitrogen and oxygen atoms in total. The van der Waals surface area contributed by atoms with Crippen LogP contribution in [-0.4, -0.2) is 27.4 Å². The van der Waals surface area contributed by atoms with E-state index in [1.165, 1.54) is 32.1 Å². The zero-order valence-corrected chi connectivity index (χ0v) is 13.0. The molecule has 1 aliphatic rings. The first-order chi connectivity index (χ1) is 8.48. The third-order valence-electron chi connectivity index (χ3n) is 4.23. The second-order valence-corrected chi connectivity index (χ2v) is 7.14. The highest BCUT2D eigenvalue weighted by atomic mass is 16.5. The average molecular weight is 256 g/mol. The van der Waals surface area contributed by atoms with Crippen molar-refractivity contribution in [2.24, 2.45) is 23.2 Å². The van der Waals surface area contributed by atoms with Gasteiger partial charge in [0.2, 0.25) is 0 Å². The first-order valence-corrected chi connectivity index (χ1v) is 7.46. The summed E-state index contributed by atoms with van der Waals surface area (Å²) in [6.45, 7) is 8.76. The number of rotatable bonds is 7. The van der Waals surface area contributed by atoms with Gasteiger partial charge in [-0.05, 0) is 29.6 Å². The monoisotopic (exact) mass is 256 g/mol. The van der Waals surface area contributed by atoms with E-state index in [9.17, 15) is 0 Å². The van der Waals surface area contributed by atoms with Gasteiger partial charge in [-0.1, -0.05) is 46.5 Å². The van der Waals surface area contributed by atoms with Gasteiger partial charge in [-0.2, -0.15) is 0 Å². The lowest BCUT2D eigenvalue weighted by atomic mass is 9.74. The van der Waals surface area contributed by atoms with E-state index in [-0.39, 0.29) is 0 Å². The zero-order chi connectivity index (χ0) is 13.6. The van der Waals surface area contributed by atoms with Gasteiger partial charge in [-0.3, -0.25) is 0 Å². The standard InChI is InChI=1S/C16H32O2/c1-16(2,3)10-14(11-17-4)15(12-18-5)13-8-6-7-9-13/h13-15H,6-12H2,1-5H3. The van der Waals surface area contributed by atoms with Gasteiger partial charge in [-0.15, -0.1) is 0 Å². The third kappa shape index (κ3) is 5.27. The van der Waals surface area contributed by atoms with Crippen molar-refractivity contribution in [1.29, 1.82) is 0 Å². The molecule has 0 N–H and O–H groups in total. The first-order valence-electron chi connectivity index (χ1n) is 7.46. The second-order valence-electron chi connectivity index (χ2n) is 7.14. The molecule has 18 heavy (non-hydrogen) atoms. The minimum atomic E-state index is 0.369. The Kier molecular flexibility index (Phi) is 6.65. The summed E-state index contributed by atoms with van der Waals surface area (Å²) in [5.74, 6) is 2.17. The SMILES string of the molecule is COCC(CC(C)(C)C)C(COC)C1CCCC1. The Balaban J connectivity index is 2.69. The van der Waals surface area contributed by atoms with E-state index < -0.39 is 0 Å². The topological polar surface area (TPSA) is 18.5 Å². The maximum atomic E-state index is 5.50. The van der Waals surface area contributed by atoms with Gasteiger partial charge in [0.15, 0.2) is 0 Å². The normalized spacial score (nSPS) is 21.2. The molecule has 1 aliphatic carbocycles. The predicted molar refractivity (Wildman–Crippen MR) is 76.8 cm³/mol. The van der Waals surface area contributed by atoms with E-state index in [2.05, 4.69) is 20.8 Å². The summed E-state index contributed by atoms with van der Waals surface area (Å²) in [6.07, 6.45) is 6.81. The van der Waals surface area contributed by atoms with Crippen molar-refractivity contribution in [3.63, 3.8) is 0 Å². The van der Waals surface area contributed by atoms with Crippen molar-refractivity contribution < 1.29 is 9.47 Å². The summed E-state index contributed by atoms with van der Waals surface area (Å²) >= 11 is 0. The fourth-order valence-electron chi connectivity index (χ4n) is 3.57. The lowest BCUT2D eigenvalue weighted by molar-refractivity contribution is 0.0237. The summed E-state index contributed by atoms with van der Waals surface area (Å²) in [6, 6.07) is 0. The molecule has 1 fully saturated rings. The van der Waals surface area contributed by atoms with Gasteiger partial charge < -0.3 is 9.47 Å². The van der Waals surface area contributed by atoms with E-state index in [0.29, 0.717) is 17.3 Å². The van der Waals surface area contributed by atoms with Crippen molar-refractivity contribution in [1.82, 2.24) is 0 Å². The molecule has 1 rings (SSSR count). The Labute approximate surface area is 113 Å². The fraction of sp³-hybridized carbons (Fsp3) is 1.00. The number of ether oxygens (including phenoxy) is 2. The van der Waals surface area contributed by atoms with Crippen LogP contribution in [0.1, 0.15) is 52.9 Å². The molecule has 0 aromatic carbocycles. The van der Waals surface area contributed by atoms with Crippen molar-refractivity contribution >= 4 is 0 Å². The molecule has 0 amide bonds. The van der Waals surface area contributed by atoms with Crippen LogP contribution < -0.4 is 0 Å². The van der Waals surface area contributed by atoms with Crippen LogP contribution in [0.4, 0.5) is 0 Å². The van der Waals surface area contributed by atoms with Crippen LogP contribution in [0.25, 0.3) is 0 Å². The summed E-state index contributed by atoms with van der Waals surface area (Å²) in [7, 11) is 3.66. The Morgan fingerprint density at radius 3 is 2.00 bits per heavy atom. The quantitative estimate of drug-likeness (QED) is 0.681. The van der Waals surface area contributed by atoms with E-state index >= 15 is 0 Å². The van der Waals surface area contributed by atoms with Crippen LogP contribution >= 0.6 is 0 Å². The van der Waals surface area contributed by atoms with E-state index in [0.717, 1.165) is 19.1 Å². The Hall–Kier alpha value is -0.0800. The Morgan fingerprint density at radius 1 is 1.00 bits per heavy atom. The van der Waals surface area contributed by atoms with Crippen molar-refractivity contribution in [2.45, 2.75) is 52.9 Å². The fourth-order valence-corrected chi connectivity index (χ4v) is 3.57. The Morgan fingerprint density at radius 2 is 1.56 bits per heavy atom. The first kappa shape index (κ1) is 16.0. The Bertz CT molecular complexity index is 214. The molecular formula is C16H32O2. The number of methoxy groups -OCH3 is 2. The molecule has 0 heterocycles. The van der Waals surface area contributed by atoms with E-state index in [1.807, 2.05) is 14.2 Å². The summed E-state index contributed by atoms with van der Waals surface area (Å²) in [5.41, 5.74) is 0.369. The van der Waals surface area contributed by atoms with Gasteiger partial charge in [0.05, 0.1) is 0 Å². The molecule has 0 bridgehead atoms. The minimum absolute atomic E-state index is 0.369. The van der Waals surface area contributed by atoms with E-state index in [4.69, 9.17) is 9.47 Å². The smallest absolute Gasteiger partial charge is 0.0496 e. The number of hydrogen-bond donors (Lipinski definition) is 0. The molecule has 0 spiro atoms. The van der Waals surface area contributed by atoms with Crippen molar-refractivity contribution in [2.75, 3.05) is 27.4 Å². The largest absolute Gasteiger partial charge is 0.384 e. The molecule has 0 radical (unpaired) electrons. The third-order valence-corrected chi connectivity index (χ3v) is 4.23. The summed E-state index contributed by atoms with van der Waals surface area (Å²) in [4.78, 5) is 0. The molecule has 0 aromatic rings. The molecule has 1 saturated carbocycles. The lowest BCUT2D eigenvalue weighted by Crippen LogP contribution is -2.32. The highest BCUT2D eigenvalue weighted by Crippen LogP contribution is 2.39. The van der Waals surface area contributed by atoms with Gasteiger partial charge >= 0.3 is 0 Å². The van der Waals surface area contributed by atoms with Gasteiger partial charge in [0, 0.05) is 27.4 Å². The predicted octanol–water partition coefficient (Wildman–Crippen LogP) is 4.14. The maximum absolute atomic E-state index is 5.50. The van der Waals surface area contributed by atoms with Gasteiger partial charge in [-0.25, -0.2) is 0 Å². The van der Waals surface area contributed by atoms with Crippen molar-refractivity contribution in [3.8, 4) is 0 Å². The van der Waals surface area contributed by atoms with E-state index in [1.54, 1.807) is 0 Å². The highest BCUT2D eigenvalue weighted by Gasteiger charge is 2.33. The van der Waals surface area contributed by atoms with Crippen LogP contribution in [0.2, 0.25) is 0 Å². The highest BCUT2D eigenvalue weighted by molar-refractivity contribution is 4.83. The van der Waals surface area contributed by atoms with Crippen molar-refractivity contribution in [3.05, 3.63) is 0 Å². The molecule has 0 aromatic heterocycles. The van der Waals surface area contributed by atoms with Crippen LogP contribution in [-0.2, 0) is 9.47 Å². The zero-order valence-electron chi connectivity index (χ0n) is 13.0. The second kappa shape index (κ2) is 7.49. The van der Waals surface area contributed by atoms with Crippen LogP contribution in [0, 0.1) is 23.2 Å². The minimum Gasteiger partial charge on any atom is -0.384 e. The molecule has 2 heteroatoms. The maximum Gasteiger partial charge on any atom is 0.0496 e. The lowest BCUT2D eigenvalue weighted by Gasteiger charge is -2.35. The molecule has 0 aliphatic heterocycles. The molecule has 108 valence electrons. The number of hydrogen-bond acceptors (Lipinski definition) is 2.